The lowest BCUT2D eigenvalue weighted by molar-refractivity contribution is 0.102. The van der Waals surface area contributed by atoms with E-state index < -0.39 is 0 Å². The van der Waals surface area contributed by atoms with E-state index in [2.05, 4.69) is 22.1 Å². The van der Waals surface area contributed by atoms with Gasteiger partial charge in [0.05, 0.1) is 11.9 Å². The van der Waals surface area contributed by atoms with Crippen molar-refractivity contribution in [1.82, 2.24) is 4.98 Å². The largest absolute Gasteiger partial charge is 0.370 e. The Morgan fingerprint density at radius 2 is 2.08 bits per heavy atom. The summed E-state index contributed by atoms with van der Waals surface area (Å²) < 4.78 is 0. The maximum Gasteiger partial charge on any atom is 0.274 e. The number of hydrogen-bond acceptors (Lipinski definition) is 3. The Kier molecular flexibility index (Phi) is 4.84. The third-order valence-electron chi connectivity index (χ3n) is 4.64. The summed E-state index contributed by atoms with van der Waals surface area (Å²) in [6.45, 7) is 8.42. The zero-order chi connectivity index (χ0) is 17.1. The van der Waals surface area contributed by atoms with Crippen molar-refractivity contribution in [3.05, 3.63) is 53.3 Å². The SMILES string of the molecule is Cc1ccc(C)c(NC(=O)c2ccc(N3CCCC(C)C3)cn2)c1. The summed E-state index contributed by atoms with van der Waals surface area (Å²) in [7, 11) is 0. The molecule has 1 N–H and O–H groups in total. The van der Waals surface area contributed by atoms with Crippen LogP contribution in [0.25, 0.3) is 0 Å². The third-order valence-corrected chi connectivity index (χ3v) is 4.64. The van der Waals surface area contributed by atoms with E-state index in [-0.39, 0.29) is 5.91 Å². The average molecular weight is 323 g/mol. The second-order valence-corrected chi connectivity index (χ2v) is 6.87. The van der Waals surface area contributed by atoms with Crippen molar-refractivity contribution >= 4 is 17.3 Å². The van der Waals surface area contributed by atoms with Gasteiger partial charge in [-0.1, -0.05) is 19.1 Å². The van der Waals surface area contributed by atoms with Gasteiger partial charge in [0.15, 0.2) is 0 Å². The summed E-state index contributed by atoms with van der Waals surface area (Å²) in [5.74, 6) is 0.549. The molecule has 0 aliphatic carbocycles. The summed E-state index contributed by atoms with van der Waals surface area (Å²) in [6, 6.07) is 9.85. The molecule has 2 aromatic rings. The van der Waals surface area contributed by atoms with Crippen LogP contribution < -0.4 is 10.2 Å². The molecular weight excluding hydrogens is 298 g/mol. The van der Waals surface area contributed by atoms with E-state index in [4.69, 9.17) is 0 Å². The van der Waals surface area contributed by atoms with Crippen molar-refractivity contribution in [2.24, 2.45) is 5.92 Å². The number of rotatable bonds is 3. The lowest BCUT2D eigenvalue weighted by atomic mass is 10.00. The van der Waals surface area contributed by atoms with Crippen LogP contribution >= 0.6 is 0 Å². The van der Waals surface area contributed by atoms with Crippen LogP contribution in [-0.2, 0) is 0 Å². The number of benzene rings is 1. The number of carbonyl (C=O) groups is 1. The molecule has 1 aliphatic heterocycles. The number of aryl methyl sites for hydroxylation is 2. The number of hydrogen-bond donors (Lipinski definition) is 1. The summed E-state index contributed by atoms with van der Waals surface area (Å²) in [6.07, 6.45) is 4.33. The highest BCUT2D eigenvalue weighted by molar-refractivity contribution is 6.03. The normalized spacial score (nSPS) is 17.6. The minimum absolute atomic E-state index is 0.165. The van der Waals surface area contributed by atoms with Crippen LogP contribution in [0.4, 0.5) is 11.4 Å². The fourth-order valence-electron chi connectivity index (χ4n) is 3.19. The van der Waals surface area contributed by atoms with Crippen molar-refractivity contribution in [1.29, 1.82) is 0 Å². The van der Waals surface area contributed by atoms with E-state index >= 15 is 0 Å². The van der Waals surface area contributed by atoms with Crippen LogP contribution in [0.1, 0.15) is 41.4 Å². The van der Waals surface area contributed by atoms with Gasteiger partial charge in [-0.05, 0) is 61.9 Å². The molecule has 4 heteroatoms. The molecule has 0 saturated carbocycles. The van der Waals surface area contributed by atoms with Gasteiger partial charge in [-0.15, -0.1) is 0 Å². The van der Waals surface area contributed by atoms with Crippen molar-refractivity contribution in [3.8, 4) is 0 Å². The topological polar surface area (TPSA) is 45.2 Å². The molecule has 1 saturated heterocycles. The smallest absolute Gasteiger partial charge is 0.274 e. The zero-order valence-electron chi connectivity index (χ0n) is 14.7. The van der Waals surface area contributed by atoms with E-state index in [1.54, 1.807) is 0 Å². The highest BCUT2D eigenvalue weighted by atomic mass is 16.1. The van der Waals surface area contributed by atoms with Crippen LogP contribution in [0.15, 0.2) is 36.5 Å². The predicted molar refractivity (Wildman–Crippen MR) is 98.7 cm³/mol. The number of anilines is 2. The van der Waals surface area contributed by atoms with Gasteiger partial charge in [0.2, 0.25) is 0 Å². The number of pyridine rings is 1. The first-order valence-electron chi connectivity index (χ1n) is 8.62. The van der Waals surface area contributed by atoms with Gasteiger partial charge in [0.25, 0.3) is 5.91 Å². The molecule has 0 bridgehead atoms. The van der Waals surface area contributed by atoms with Crippen molar-refractivity contribution in [2.45, 2.75) is 33.6 Å². The van der Waals surface area contributed by atoms with Crippen LogP contribution in [0.3, 0.4) is 0 Å². The maximum atomic E-state index is 12.4. The van der Waals surface area contributed by atoms with Crippen molar-refractivity contribution < 1.29 is 4.79 Å². The second-order valence-electron chi connectivity index (χ2n) is 6.87. The molecular formula is C20H25N3O. The molecule has 24 heavy (non-hydrogen) atoms. The Morgan fingerprint density at radius 3 is 2.79 bits per heavy atom. The Bertz CT molecular complexity index is 724. The number of nitrogens with one attached hydrogen (secondary N) is 1. The number of piperidine rings is 1. The maximum absolute atomic E-state index is 12.4. The second kappa shape index (κ2) is 7.04. The van der Waals surface area contributed by atoms with Gasteiger partial charge in [0, 0.05) is 18.8 Å². The standard InChI is InChI=1S/C20H25N3O/c1-14-6-7-16(3)19(11-14)22-20(24)18-9-8-17(12-21-18)23-10-4-5-15(2)13-23/h6-9,11-12,15H,4-5,10,13H2,1-3H3,(H,22,24). The van der Waals surface area contributed by atoms with Gasteiger partial charge in [-0.25, -0.2) is 4.98 Å². The fourth-order valence-corrected chi connectivity index (χ4v) is 3.19. The Morgan fingerprint density at radius 1 is 1.25 bits per heavy atom. The molecule has 0 spiro atoms. The molecule has 1 fully saturated rings. The number of carbonyl (C=O) groups excluding carboxylic acids is 1. The predicted octanol–water partition coefficient (Wildman–Crippen LogP) is 4.19. The van der Waals surface area contributed by atoms with Gasteiger partial charge in [0.1, 0.15) is 5.69 Å². The molecule has 0 radical (unpaired) electrons. The van der Waals surface area contributed by atoms with E-state index in [0.717, 1.165) is 35.6 Å². The highest BCUT2D eigenvalue weighted by Crippen LogP contribution is 2.23. The molecule has 3 rings (SSSR count). The van der Waals surface area contributed by atoms with Gasteiger partial charge in [-0.2, -0.15) is 0 Å². The van der Waals surface area contributed by atoms with E-state index in [9.17, 15) is 4.79 Å². The first-order chi connectivity index (χ1) is 11.5. The van der Waals surface area contributed by atoms with E-state index in [1.165, 1.54) is 12.8 Å². The summed E-state index contributed by atoms with van der Waals surface area (Å²) in [5, 5.41) is 2.96. The van der Waals surface area contributed by atoms with Crippen LogP contribution in [-0.4, -0.2) is 24.0 Å². The number of nitrogens with zero attached hydrogens (tertiary/aromatic N) is 2. The van der Waals surface area contributed by atoms with Crippen LogP contribution in [0, 0.1) is 19.8 Å². The van der Waals surface area contributed by atoms with Gasteiger partial charge in [-0.3, -0.25) is 4.79 Å². The zero-order valence-corrected chi connectivity index (χ0v) is 14.7. The van der Waals surface area contributed by atoms with Crippen LogP contribution in [0.5, 0.6) is 0 Å². The fraction of sp³-hybridized carbons (Fsp3) is 0.400. The monoisotopic (exact) mass is 323 g/mol. The lowest BCUT2D eigenvalue weighted by Gasteiger charge is -2.32. The Hall–Kier alpha value is -2.36. The number of aromatic nitrogens is 1. The molecule has 2 heterocycles. The molecule has 126 valence electrons. The molecule has 1 aromatic heterocycles. The first-order valence-corrected chi connectivity index (χ1v) is 8.62. The summed E-state index contributed by atoms with van der Waals surface area (Å²) >= 11 is 0. The summed E-state index contributed by atoms with van der Waals surface area (Å²) in [5.41, 5.74) is 4.57. The van der Waals surface area contributed by atoms with Gasteiger partial charge >= 0.3 is 0 Å². The molecule has 1 unspecified atom stereocenters. The molecule has 1 amide bonds. The highest BCUT2D eigenvalue weighted by Gasteiger charge is 2.17. The molecule has 1 aliphatic rings. The minimum Gasteiger partial charge on any atom is -0.370 e. The Labute approximate surface area is 143 Å². The van der Waals surface area contributed by atoms with E-state index in [0.29, 0.717) is 11.6 Å². The third kappa shape index (κ3) is 3.75. The number of amides is 1. The Balaban J connectivity index is 1.70. The summed E-state index contributed by atoms with van der Waals surface area (Å²) in [4.78, 5) is 19.2. The minimum atomic E-state index is -0.165. The quantitative estimate of drug-likeness (QED) is 0.921. The van der Waals surface area contributed by atoms with E-state index in [1.807, 2.05) is 50.4 Å². The van der Waals surface area contributed by atoms with Crippen molar-refractivity contribution in [2.75, 3.05) is 23.3 Å². The molecule has 1 aromatic carbocycles. The van der Waals surface area contributed by atoms with Gasteiger partial charge < -0.3 is 10.2 Å². The first kappa shape index (κ1) is 16.5. The molecule has 1 atom stereocenters. The average Bonchev–Trinajstić information content (AvgIpc) is 2.58. The lowest BCUT2D eigenvalue weighted by Crippen LogP contribution is -2.34. The van der Waals surface area contributed by atoms with Crippen molar-refractivity contribution in [3.63, 3.8) is 0 Å². The van der Waals surface area contributed by atoms with Crippen LogP contribution in [0.2, 0.25) is 0 Å². The molecule has 4 nitrogen and oxygen atoms in total.